The van der Waals surface area contributed by atoms with Crippen LogP contribution >= 0.6 is 0 Å². The fourth-order valence-corrected chi connectivity index (χ4v) is 2.81. The van der Waals surface area contributed by atoms with E-state index in [1.54, 1.807) is 4.90 Å². The highest BCUT2D eigenvalue weighted by Crippen LogP contribution is 2.15. The number of benzene rings is 1. The third-order valence-electron chi connectivity index (χ3n) is 4.18. The molecular formula is C19H30N4O2. The summed E-state index contributed by atoms with van der Waals surface area (Å²) in [6, 6.07) is 7.58. The molecule has 1 saturated heterocycles. The minimum absolute atomic E-state index is 0.0309. The van der Waals surface area contributed by atoms with Gasteiger partial charge in [0.15, 0.2) is 0 Å². The van der Waals surface area contributed by atoms with Gasteiger partial charge in [-0.2, -0.15) is 0 Å². The summed E-state index contributed by atoms with van der Waals surface area (Å²) in [6.07, 6.45) is 0.791. The van der Waals surface area contributed by atoms with Crippen LogP contribution in [0.1, 0.15) is 37.6 Å². The van der Waals surface area contributed by atoms with Gasteiger partial charge in [0.25, 0.3) is 5.91 Å². The van der Waals surface area contributed by atoms with Crippen LogP contribution in [0.5, 0.6) is 0 Å². The second-order valence-corrected chi connectivity index (χ2v) is 7.75. The Morgan fingerprint density at radius 2 is 1.52 bits per heavy atom. The van der Waals surface area contributed by atoms with E-state index in [2.05, 4.69) is 5.32 Å². The molecule has 3 amide bonds. The van der Waals surface area contributed by atoms with Gasteiger partial charge in [0.05, 0.1) is 0 Å². The molecule has 0 aliphatic carbocycles. The first kappa shape index (κ1) is 19.1. The molecule has 1 N–H and O–H groups in total. The lowest BCUT2D eigenvalue weighted by Crippen LogP contribution is -2.49. The number of anilines is 1. The number of rotatable bonds is 2. The first-order chi connectivity index (χ1) is 11.7. The molecule has 0 spiro atoms. The van der Waals surface area contributed by atoms with Crippen LogP contribution in [-0.4, -0.2) is 67.6 Å². The standard InChI is InChI=1S/C19H30N4O2/c1-19(2,3)20-18(25)23-12-6-11-22(13-14-23)17(24)15-7-9-16(10-8-15)21(4)5/h7-10H,6,11-14H2,1-5H3,(H,20,25). The highest BCUT2D eigenvalue weighted by atomic mass is 16.2. The molecule has 1 aromatic rings. The minimum Gasteiger partial charge on any atom is -0.378 e. The van der Waals surface area contributed by atoms with Crippen molar-refractivity contribution in [2.45, 2.75) is 32.7 Å². The Hall–Kier alpha value is -2.24. The summed E-state index contributed by atoms with van der Waals surface area (Å²) in [4.78, 5) is 30.7. The van der Waals surface area contributed by atoms with Gasteiger partial charge in [0.1, 0.15) is 0 Å². The van der Waals surface area contributed by atoms with Crippen molar-refractivity contribution in [2.75, 3.05) is 45.2 Å². The summed E-state index contributed by atoms with van der Waals surface area (Å²) in [7, 11) is 3.95. The summed E-state index contributed by atoms with van der Waals surface area (Å²) in [5, 5.41) is 2.99. The van der Waals surface area contributed by atoms with Crippen LogP contribution in [0.3, 0.4) is 0 Å². The summed E-state index contributed by atoms with van der Waals surface area (Å²) in [6.45, 7) is 8.37. The summed E-state index contributed by atoms with van der Waals surface area (Å²) < 4.78 is 0. The topological polar surface area (TPSA) is 55.9 Å². The molecule has 2 rings (SSSR count). The van der Waals surface area contributed by atoms with Gasteiger partial charge in [-0.05, 0) is 51.5 Å². The highest BCUT2D eigenvalue weighted by Gasteiger charge is 2.24. The van der Waals surface area contributed by atoms with E-state index in [0.29, 0.717) is 31.7 Å². The lowest BCUT2D eigenvalue weighted by Gasteiger charge is -2.27. The monoisotopic (exact) mass is 346 g/mol. The van der Waals surface area contributed by atoms with E-state index >= 15 is 0 Å². The van der Waals surface area contributed by atoms with Crippen molar-refractivity contribution in [3.63, 3.8) is 0 Å². The van der Waals surface area contributed by atoms with Gasteiger partial charge in [-0.15, -0.1) is 0 Å². The molecule has 1 aliphatic rings. The van der Waals surface area contributed by atoms with Crippen molar-refractivity contribution >= 4 is 17.6 Å². The largest absolute Gasteiger partial charge is 0.378 e. The molecule has 0 bridgehead atoms. The Labute approximate surface area is 150 Å². The Kier molecular flexibility index (Phi) is 5.93. The number of carbonyl (C=O) groups is 2. The Bertz CT molecular complexity index is 605. The van der Waals surface area contributed by atoms with E-state index in [4.69, 9.17) is 0 Å². The molecule has 0 aromatic heterocycles. The molecular weight excluding hydrogens is 316 g/mol. The predicted molar refractivity (Wildman–Crippen MR) is 101 cm³/mol. The minimum atomic E-state index is -0.257. The average Bonchev–Trinajstić information content (AvgIpc) is 2.78. The quantitative estimate of drug-likeness (QED) is 0.895. The van der Waals surface area contributed by atoms with Crippen LogP contribution in [0.15, 0.2) is 24.3 Å². The van der Waals surface area contributed by atoms with E-state index in [0.717, 1.165) is 12.1 Å². The van der Waals surface area contributed by atoms with Crippen LogP contribution in [0.4, 0.5) is 10.5 Å². The molecule has 0 unspecified atom stereocenters. The van der Waals surface area contributed by atoms with Crippen molar-refractivity contribution < 1.29 is 9.59 Å². The Morgan fingerprint density at radius 3 is 2.08 bits per heavy atom. The highest BCUT2D eigenvalue weighted by molar-refractivity contribution is 5.94. The second-order valence-electron chi connectivity index (χ2n) is 7.75. The van der Waals surface area contributed by atoms with Crippen molar-refractivity contribution in [2.24, 2.45) is 0 Å². The number of nitrogens with zero attached hydrogens (tertiary/aromatic N) is 3. The third-order valence-corrected chi connectivity index (χ3v) is 4.18. The third kappa shape index (κ3) is 5.37. The molecule has 1 fully saturated rings. The van der Waals surface area contributed by atoms with Gasteiger partial charge in [-0.3, -0.25) is 4.79 Å². The van der Waals surface area contributed by atoms with Crippen LogP contribution in [0.25, 0.3) is 0 Å². The van der Waals surface area contributed by atoms with Crippen molar-refractivity contribution in [3.05, 3.63) is 29.8 Å². The molecule has 138 valence electrons. The average molecular weight is 346 g/mol. The maximum atomic E-state index is 12.7. The lowest BCUT2D eigenvalue weighted by atomic mass is 10.1. The number of urea groups is 1. The zero-order chi connectivity index (χ0) is 18.6. The molecule has 0 saturated carbocycles. The van der Waals surface area contributed by atoms with Crippen LogP contribution < -0.4 is 10.2 Å². The molecule has 1 aromatic carbocycles. The number of hydrogen-bond donors (Lipinski definition) is 1. The molecule has 6 nitrogen and oxygen atoms in total. The number of nitrogens with one attached hydrogen (secondary N) is 1. The van der Waals surface area contributed by atoms with Gasteiger partial charge in [0, 0.05) is 57.1 Å². The fraction of sp³-hybridized carbons (Fsp3) is 0.579. The molecule has 0 radical (unpaired) electrons. The van der Waals surface area contributed by atoms with Crippen LogP contribution in [0, 0.1) is 0 Å². The molecule has 1 heterocycles. The molecule has 6 heteroatoms. The first-order valence-corrected chi connectivity index (χ1v) is 8.81. The van der Waals surface area contributed by atoms with Gasteiger partial charge in [-0.1, -0.05) is 0 Å². The van der Waals surface area contributed by atoms with E-state index in [-0.39, 0.29) is 17.5 Å². The maximum Gasteiger partial charge on any atom is 0.317 e. The number of carbonyl (C=O) groups excluding carboxylic acids is 2. The van der Waals surface area contributed by atoms with Crippen LogP contribution in [-0.2, 0) is 0 Å². The van der Waals surface area contributed by atoms with Gasteiger partial charge in [0.2, 0.25) is 0 Å². The SMILES string of the molecule is CN(C)c1ccc(C(=O)N2CCCN(C(=O)NC(C)(C)C)CC2)cc1. The predicted octanol–water partition coefficient (Wildman–Crippen LogP) is 2.41. The summed E-state index contributed by atoms with van der Waals surface area (Å²) in [5.74, 6) is 0.0309. The number of amides is 3. The van der Waals surface area contributed by atoms with E-state index in [1.165, 1.54) is 0 Å². The number of hydrogen-bond acceptors (Lipinski definition) is 3. The summed E-state index contributed by atoms with van der Waals surface area (Å²) in [5.41, 5.74) is 1.50. The molecule has 25 heavy (non-hydrogen) atoms. The van der Waals surface area contributed by atoms with E-state index in [9.17, 15) is 9.59 Å². The summed E-state index contributed by atoms with van der Waals surface area (Å²) >= 11 is 0. The normalized spacial score (nSPS) is 15.6. The fourth-order valence-electron chi connectivity index (χ4n) is 2.81. The molecule has 1 aliphatic heterocycles. The smallest absolute Gasteiger partial charge is 0.317 e. The van der Waals surface area contributed by atoms with Gasteiger partial charge < -0.3 is 20.0 Å². The van der Waals surface area contributed by atoms with Crippen LogP contribution in [0.2, 0.25) is 0 Å². The first-order valence-electron chi connectivity index (χ1n) is 8.81. The Balaban J connectivity index is 1.98. The lowest BCUT2D eigenvalue weighted by molar-refractivity contribution is 0.0762. The van der Waals surface area contributed by atoms with E-state index < -0.39 is 0 Å². The second kappa shape index (κ2) is 7.76. The zero-order valence-corrected chi connectivity index (χ0v) is 16.0. The van der Waals surface area contributed by atoms with Gasteiger partial charge >= 0.3 is 6.03 Å². The van der Waals surface area contributed by atoms with Gasteiger partial charge in [-0.25, -0.2) is 4.79 Å². The zero-order valence-electron chi connectivity index (χ0n) is 16.0. The van der Waals surface area contributed by atoms with Crippen molar-refractivity contribution in [1.82, 2.24) is 15.1 Å². The van der Waals surface area contributed by atoms with Crippen molar-refractivity contribution in [3.8, 4) is 0 Å². The van der Waals surface area contributed by atoms with Crippen molar-refractivity contribution in [1.29, 1.82) is 0 Å². The van der Waals surface area contributed by atoms with E-state index in [1.807, 2.05) is 68.9 Å². The maximum absolute atomic E-state index is 12.7. The Morgan fingerprint density at radius 1 is 0.960 bits per heavy atom. The molecule has 0 atom stereocenters.